The number of carboxylic acid groups (broad SMARTS) is 1. The molecule has 1 rings (SSSR count). The number of hydrogen-bond acceptors (Lipinski definition) is 4. The molecule has 0 aliphatic heterocycles. The van der Waals surface area contributed by atoms with Crippen molar-refractivity contribution in [2.75, 3.05) is 25.5 Å². The van der Waals surface area contributed by atoms with Gasteiger partial charge in [0, 0.05) is 13.6 Å². The first-order valence-corrected chi connectivity index (χ1v) is 4.87. The molecule has 3 N–H and O–H groups in total. The van der Waals surface area contributed by atoms with Crippen molar-refractivity contribution in [3.63, 3.8) is 0 Å². The monoisotopic (exact) mass is 239 g/mol. The lowest BCUT2D eigenvalue weighted by atomic mass is 10.3. The summed E-state index contributed by atoms with van der Waals surface area (Å²) in [6.07, 6.45) is 1.26. The van der Waals surface area contributed by atoms with Crippen LogP contribution >= 0.6 is 0 Å². The average Bonchev–Trinajstić information content (AvgIpc) is 2.30. The first-order valence-electron chi connectivity index (χ1n) is 4.87. The normalized spacial score (nSPS) is 9.76. The molecule has 0 saturated heterocycles. The van der Waals surface area contributed by atoms with Crippen molar-refractivity contribution in [1.29, 1.82) is 0 Å². The molecule has 1 aromatic rings. The van der Waals surface area contributed by atoms with Crippen LogP contribution in [0.15, 0.2) is 18.3 Å². The van der Waals surface area contributed by atoms with Crippen molar-refractivity contribution in [2.24, 2.45) is 0 Å². The van der Waals surface area contributed by atoms with Crippen LogP contribution in [0, 0.1) is 0 Å². The molecule has 0 aromatic carbocycles. The number of carbonyl (C=O) groups is 2. The maximum atomic E-state index is 11.5. The fraction of sp³-hybridized carbons (Fsp3) is 0.300. The number of pyridine rings is 1. The van der Waals surface area contributed by atoms with Gasteiger partial charge in [0.25, 0.3) is 0 Å². The highest BCUT2D eigenvalue weighted by atomic mass is 16.4. The van der Waals surface area contributed by atoms with E-state index in [2.05, 4.69) is 10.3 Å². The summed E-state index contributed by atoms with van der Waals surface area (Å²) < 4.78 is 0. The Morgan fingerprint density at radius 3 is 2.65 bits per heavy atom. The predicted molar refractivity (Wildman–Crippen MR) is 59.9 cm³/mol. The smallest absolute Gasteiger partial charge is 0.354 e. The lowest BCUT2D eigenvalue weighted by Gasteiger charge is -2.16. The summed E-state index contributed by atoms with van der Waals surface area (Å²) in [7, 11) is 1.53. The summed E-state index contributed by atoms with van der Waals surface area (Å²) in [4.78, 5) is 27.0. The minimum Gasteiger partial charge on any atom is -0.477 e. The summed E-state index contributed by atoms with van der Waals surface area (Å²) in [6, 6.07) is 2.34. The first-order chi connectivity index (χ1) is 8.04. The zero-order chi connectivity index (χ0) is 12.8. The number of aromatic nitrogens is 1. The number of hydrogen-bond donors (Lipinski definition) is 3. The molecule has 0 radical (unpaired) electrons. The van der Waals surface area contributed by atoms with Crippen LogP contribution in [0.2, 0.25) is 0 Å². The van der Waals surface area contributed by atoms with E-state index >= 15 is 0 Å². The van der Waals surface area contributed by atoms with E-state index < -0.39 is 12.0 Å². The van der Waals surface area contributed by atoms with Gasteiger partial charge in [-0.1, -0.05) is 0 Å². The summed E-state index contributed by atoms with van der Waals surface area (Å²) in [5.74, 6) is -1.12. The third-order valence-electron chi connectivity index (χ3n) is 2.02. The van der Waals surface area contributed by atoms with Crippen LogP contribution in [0.25, 0.3) is 0 Å². The number of nitrogens with zero attached hydrogens (tertiary/aromatic N) is 2. The van der Waals surface area contributed by atoms with Gasteiger partial charge in [-0.05, 0) is 12.1 Å². The topological polar surface area (TPSA) is 103 Å². The van der Waals surface area contributed by atoms with Gasteiger partial charge in [-0.3, -0.25) is 0 Å². The van der Waals surface area contributed by atoms with Gasteiger partial charge >= 0.3 is 12.0 Å². The molecule has 17 heavy (non-hydrogen) atoms. The summed E-state index contributed by atoms with van der Waals surface area (Å²) >= 11 is 0. The fourth-order valence-electron chi connectivity index (χ4n) is 1.06. The van der Waals surface area contributed by atoms with Crippen molar-refractivity contribution in [1.82, 2.24) is 9.88 Å². The van der Waals surface area contributed by atoms with Crippen LogP contribution in [-0.2, 0) is 0 Å². The number of carbonyl (C=O) groups excluding carboxylic acids is 1. The molecule has 0 fully saturated rings. The Labute approximate surface area is 97.7 Å². The highest BCUT2D eigenvalue weighted by Crippen LogP contribution is 2.06. The largest absolute Gasteiger partial charge is 0.477 e. The first kappa shape index (κ1) is 12.9. The minimum absolute atomic E-state index is 0.0910. The molecule has 0 bridgehead atoms. The second-order valence-electron chi connectivity index (χ2n) is 3.31. The standard InChI is InChI=1S/C10H13N3O4/c1-13(4-5-14)10(17)12-7-2-3-8(9(15)16)11-6-7/h2-3,6,14H,4-5H2,1H3,(H,12,17)(H,15,16). The Morgan fingerprint density at radius 2 is 2.18 bits per heavy atom. The molecule has 2 amide bonds. The fourth-order valence-corrected chi connectivity index (χ4v) is 1.06. The zero-order valence-electron chi connectivity index (χ0n) is 9.25. The third kappa shape index (κ3) is 3.72. The molecule has 92 valence electrons. The number of aromatic carboxylic acids is 1. The second kappa shape index (κ2) is 5.80. The second-order valence-corrected chi connectivity index (χ2v) is 3.31. The van der Waals surface area contributed by atoms with Crippen molar-refractivity contribution >= 4 is 17.7 Å². The number of urea groups is 1. The van der Waals surface area contributed by atoms with Gasteiger partial charge in [-0.2, -0.15) is 0 Å². The molecule has 0 aliphatic carbocycles. The number of aliphatic hydroxyl groups excluding tert-OH is 1. The maximum absolute atomic E-state index is 11.5. The molecule has 0 saturated carbocycles. The van der Waals surface area contributed by atoms with Gasteiger partial charge in [0.15, 0.2) is 0 Å². The Hall–Kier alpha value is -2.15. The molecule has 7 nitrogen and oxygen atoms in total. The van der Waals surface area contributed by atoms with Crippen molar-refractivity contribution < 1.29 is 19.8 Å². The van der Waals surface area contributed by atoms with E-state index in [-0.39, 0.29) is 18.8 Å². The van der Waals surface area contributed by atoms with E-state index in [0.717, 1.165) is 0 Å². The Bertz CT molecular complexity index is 405. The van der Waals surface area contributed by atoms with E-state index in [4.69, 9.17) is 10.2 Å². The van der Waals surface area contributed by atoms with E-state index in [1.165, 1.54) is 30.3 Å². The van der Waals surface area contributed by atoms with Crippen LogP contribution in [0.5, 0.6) is 0 Å². The van der Waals surface area contributed by atoms with E-state index in [9.17, 15) is 9.59 Å². The number of aliphatic hydroxyl groups is 1. The lowest BCUT2D eigenvalue weighted by Crippen LogP contribution is -2.33. The minimum atomic E-state index is -1.12. The molecule has 0 unspecified atom stereocenters. The van der Waals surface area contributed by atoms with Gasteiger partial charge in [0.1, 0.15) is 5.69 Å². The highest BCUT2D eigenvalue weighted by Gasteiger charge is 2.09. The Balaban J connectivity index is 2.63. The van der Waals surface area contributed by atoms with Crippen LogP contribution in [0.1, 0.15) is 10.5 Å². The molecule has 1 heterocycles. The van der Waals surface area contributed by atoms with E-state index in [0.29, 0.717) is 5.69 Å². The average molecular weight is 239 g/mol. The number of anilines is 1. The number of nitrogens with one attached hydrogen (secondary N) is 1. The van der Waals surface area contributed by atoms with Gasteiger partial charge in [0.05, 0.1) is 18.5 Å². The summed E-state index contributed by atoms with van der Waals surface area (Å²) in [6.45, 7) is 0.0899. The van der Waals surface area contributed by atoms with Crippen molar-refractivity contribution in [3.05, 3.63) is 24.0 Å². The molecular weight excluding hydrogens is 226 g/mol. The lowest BCUT2D eigenvalue weighted by molar-refractivity contribution is 0.0690. The summed E-state index contributed by atoms with van der Waals surface area (Å²) in [5, 5.41) is 19.8. The number of amides is 2. The van der Waals surface area contributed by atoms with Gasteiger partial charge in [0.2, 0.25) is 0 Å². The van der Waals surface area contributed by atoms with E-state index in [1.54, 1.807) is 0 Å². The molecule has 1 aromatic heterocycles. The zero-order valence-corrected chi connectivity index (χ0v) is 9.25. The molecule has 0 spiro atoms. The molecule has 0 atom stereocenters. The van der Waals surface area contributed by atoms with Crippen LogP contribution in [0.3, 0.4) is 0 Å². The Morgan fingerprint density at radius 1 is 1.47 bits per heavy atom. The third-order valence-corrected chi connectivity index (χ3v) is 2.02. The highest BCUT2D eigenvalue weighted by molar-refractivity contribution is 5.90. The van der Waals surface area contributed by atoms with E-state index in [1.807, 2.05) is 0 Å². The molecule has 7 heteroatoms. The van der Waals surface area contributed by atoms with Crippen molar-refractivity contribution in [3.8, 4) is 0 Å². The van der Waals surface area contributed by atoms with Gasteiger partial charge in [-0.15, -0.1) is 0 Å². The Kier molecular flexibility index (Phi) is 4.41. The molecular formula is C10H13N3O4. The van der Waals surface area contributed by atoms with Crippen LogP contribution in [0.4, 0.5) is 10.5 Å². The molecule has 0 aliphatic rings. The number of rotatable bonds is 4. The van der Waals surface area contributed by atoms with Crippen LogP contribution < -0.4 is 5.32 Å². The summed E-state index contributed by atoms with van der Waals surface area (Å²) in [5.41, 5.74) is 0.302. The van der Waals surface area contributed by atoms with Crippen molar-refractivity contribution in [2.45, 2.75) is 0 Å². The predicted octanol–water partition coefficient (Wildman–Crippen LogP) is 0.236. The quantitative estimate of drug-likeness (QED) is 0.698. The number of carboxylic acids is 1. The van der Waals surface area contributed by atoms with Crippen LogP contribution in [-0.4, -0.2) is 52.3 Å². The SMILES string of the molecule is CN(CCO)C(=O)Nc1ccc(C(=O)O)nc1. The maximum Gasteiger partial charge on any atom is 0.354 e. The van der Waals surface area contributed by atoms with Gasteiger partial charge < -0.3 is 20.4 Å². The van der Waals surface area contributed by atoms with Gasteiger partial charge in [-0.25, -0.2) is 14.6 Å². The number of likely N-dealkylation sites (N-methyl/N-ethyl adjacent to an activating group) is 1.